The monoisotopic (exact) mass is 348 g/mol. The molecule has 0 unspecified atom stereocenters. The molecule has 26 heavy (non-hydrogen) atoms. The first-order valence-electron chi connectivity index (χ1n) is 8.27. The number of hydrogen-bond donors (Lipinski definition) is 3. The zero-order valence-electron chi connectivity index (χ0n) is 14.4. The molecule has 2 aromatic carbocycles. The van der Waals surface area contributed by atoms with Crippen LogP contribution in [0.25, 0.3) is 10.9 Å². The lowest BCUT2D eigenvalue weighted by atomic mass is 9.91. The Labute approximate surface area is 151 Å². The summed E-state index contributed by atoms with van der Waals surface area (Å²) in [6.45, 7) is 1.51. The molecule has 4 N–H and O–H groups in total. The Morgan fingerprint density at radius 3 is 2.42 bits per heavy atom. The Kier molecular flexibility index (Phi) is 4.84. The van der Waals surface area contributed by atoms with E-state index in [1.165, 1.54) is 6.92 Å². The number of nitrogens with zero attached hydrogens (tertiary/aromatic N) is 1. The SMILES string of the molecule is CC(=O)n1cc(C[C@H](C(=O)NC(=N)N)c2ccccc2)c2ccccc21. The summed E-state index contributed by atoms with van der Waals surface area (Å²) in [5.74, 6) is -1.34. The molecule has 0 aliphatic heterocycles. The smallest absolute Gasteiger partial charge is 0.234 e. The van der Waals surface area contributed by atoms with Gasteiger partial charge in [0.05, 0.1) is 11.4 Å². The lowest BCUT2D eigenvalue weighted by molar-refractivity contribution is -0.121. The largest absolute Gasteiger partial charge is 0.370 e. The van der Waals surface area contributed by atoms with Crippen LogP contribution in [0, 0.1) is 5.41 Å². The van der Waals surface area contributed by atoms with Crippen molar-refractivity contribution in [2.45, 2.75) is 19.3 Å². The summed E-state index contributed by atoms with van der Waals surface area (Å²) in [5.41, 5.74) is 7.87. The van der Waals surface area contributed by atoms with Crippen LogP contribution in [0.1, 0.15) is 28.8 Å². The zero-order valence-corrected chi connectivity index (χ0v) is 14.4. The van der Waals surface area contributed by atoms with Gasteiger partial charge in [0.15, 0.2) is 5.96 Å². The molecular formula is C20H20N4O2. The number of guanidine groups is 1. The molecule has 0 aliphatic carbocycles. The summed E-state index contributed by atoms with van der Waals surface area (Å²) in [4.78, 5) is 24.6. The fourth-order valence-corrected chi connectivity index (χ4v) is 3.16. The van der Waals surface area contributed by atoms with Crippen LogP contribution in [0.5, 0.6) is 0 Å². The van der Waals surface area contributed by atoms with Gasteiger partial charge < -0.3 is 5.73 Å². The van der Waals surface area contributed by atoms with Crippen molar-refractivity contribution < 1.29 is 9.59 Å². The van der Waals surface area contributed by atoms with Crippen molar-refractivity contribution in [1.29, 1.82) is 5.41 Å². The second-order valence-corrected chi connectivity index (χ2v) is 6.13. The fraction of sp³-hybridized carbons (Fsp3) is 0.150. The van der Waals surface area contributed by atoms with E-state index < -0.39 is 5.92 Å². The van der Waals surface area contributed by atoms with Crippen LogP contribution in [0.2, 0.25) is 0 Å². The molecule has 1 heterocycles. The molecule has 0 spiro atoms. The molecule has 1 amide bonds. The van der Waals surface area contributed by atoms with Crippen LogP contribution >= 0.6 is 0 Å². The second kappa shape index (κ2) is 7.23. The van der Waals surface area contributed by atoms with Crippen LogP contribution < -0.4 is 11.1 Å². The number of aromatic nitrogens is 1. The summed E-state index contributed by atoms with van der Waals surface area (Å²) >= 11 is 0. The maximum atomic E-state index is 12.6. The molecule has 0 bridgehead atoms. The molecule has 0 aliphatic rings. The van der Waals surface area contributed by atoms with Gasteiger partial charge in [-0.1, -0.05) is 48.5 Å². The van der Waals surface area contributed by atoms with E-state index in [1.807, 2.05) is 54.6 Å². The van der Waals surface area contributed by atoms with Gasteiger partial charge >= 0.3 is 0 Å². The minimum Gasteiger partial charge on any atom is -0.370 e. The van der Waals surface area contributed by atoms with Crippen LogP contribution in [0.3, 0.4) is 0 Å². The Morgan fingerprint density at radius 1 is 1.12 bits per heavy atom. The molecule has 0 fully saturated rings. The molecule has 6 nitrogen and oxygen atoms in total. The first kappa shape index (κ1) is 17.4. The quantitative estimate of drug-likeness (QED) is 0.499. The van der Waals surface area contributed by atoms with Gasteiger partial charge in [-0.05, 0) is 23.6 Å². The number of carbonyl (C=O) groups excluding carboxylic acids is 2. The number of para-hydroxylation sites is 1. The molecule has 132 valence electrons. The van der Waals surface area contributed by atoms with E-state index in [4.69, 9.17) is 11.1 Å². The lowest BCUT2D eigenvalue weighted by Gasteiger charge is -2.16. The molecule has 3 aromatic rings. The van der Waals surface area contributed by atoms with Gasteiger partial charge in [-0.15, -0.1) is 0 Å². The number of benzene rings is 2. The third kappa shape index (κ3) is 3.49. The van der Waals surface area contributed by atoms with Gasteiger partial charge in [-0.2, -0.15) is 0 Å². The predicted octanol–water partition coefficient (Wildman–Crippen LogP) is 2.64. The Bertz CT molecular complexity index is 976. The summed E-state index contributed by atoms with van der Waals surface area (Å²) in [5, 5.41) is 10.7. The van der Waals surface area contributed by atoms with Crippen LogP contribution in [-0.4, -0.2) is 22.3 Å². The molecule has 0 saturated heterocycles. The third-order valence-electron chi connectivity index (χ3n) is 4.33. The van der Waals surface area contributed by atoms with Gasteiger partial charge in [-0.25, -0.2) is 0 Å². The number of carbonyl (C=O) groups is 2. The maximum absolute atomic E-state index is 12.6. The van der Waals surface area contributed by atoms with Crippen molar-refractivity contribution in [3.8, 4) is 0 Å². The molecule has 1 aromatic heterocycles. The Morgan fingerprint density at radius 2 is 1.77 bits per heavy atom. The van der Waals surface area contributed by atoms with Crippen molar-refractivity contribution in [1.82, 2.24) is 9.88 Å². The zero-order chi connectivity index (χ0) is 18.7. The van der Waals surface area contributed by atoms with Crippen molar-refractivity contribution in [2.24, 2.45) is 5.73 Å². The average molecular weight is 348 g/mol. The highest BCUT2D eigenvalue weighted by atomic mass is 16.2. The molecule has 6 heteroatoms. The normalized spacial score (nSPS) is 11.9. The lowest BCUT2D eigenvalue weighted by Crippen LogP contribution is -2.39. The number of hydrogen-bond acceptors (Lipinski definition) is 3. The predicted molar refractivity (Wildman–Crippen MR) is 101 cm³/mol. The first-order valence-corrected chi connectivity index (χ1v) is 8.27. The fourth-order valence-electron chi connectivity index (χ4n) is 3.16. The van der Waals surface area contributed by atoms with E-state index in [2.05, 4.69) is 5.32 Å². The van der Waals surface area contributed by atoms with Crippen molar-refractivity contribution in [3.05, 3.63) is 71.9 Å². The van der Waals surface area contributed by atoms with E-state index in [-0.39, 0.29) is 17.8 Å². The van der Waals surface area contributed by atoms with E-state index in [1.54, 1.807) is 10.8 Å². The third-order valence-corrected chi connectivity index (χ3v) is 4.33. The highest BCUT2D eigenvalue weighted by molar-refractivity contribution is 5.99. The molecular weight excluding hydrogens is 328 g/mol. The van der Waals surface area contributed by atoms with E-state index in [0.717, 1.165) is 22.0 Å². The van der Waals surface area contributed by atoms with E-state index >= 15 is 0 Å². The van der Waals surface area contributed by atoms with Gasteiger partial charge in [0.1, 0.15) is 0 Å². The van der Waals surface area contributed by atoms with Gasteiger partial charge in [-0.3, -0.25) is 24.9 Å². The number of nitrogens with two attached hydrogens (primary N) is 1. The summed E-state index contributed by atoms with van der Waals surface area (Å²) < 4.78 is 1.59. The highest BCUT2D eigenvalue weighted by Crippen LogP contribution is 2.28. The maximum Gasteiger partial charge on any atom is 0.234 e. The number of fused-ring (bicyclic) bond motifs is 1. The standard InChI is InChI=1S/C20H20N4O2/c1-13(25)24-12-15(16-9-5-6-10-18(16)24)11-17(19(26)23-20(21)22)14-7-3-2-4-8-14/h2-10,12,17H,11H2,1H3,(H4,21,22,23,26)/t17-/m0/s1. The van der Waals surface area contributed by atoms with Gasteiger partial charge in [0, 0.05) is 18.5 Å². The summed E-state index contributed by atoms with van der Waals surface area (Å²) in [7, 11) is 0. The summed E-state index contributed by atoms with van der Waals surface area (Å²) in [6, 6.07) is 17.0. The minimum absolute atomic E-state index is 0.0862. The average Bonchev–Trinajstić information content (AvgIpc) is 2.99. The van der Waals surface area contributed by atoms with Crippen LogP contribution in [0.4, 0.5) is 0 Å². The van der Waals surface area contributed by atoms with Crippen molar-refractivity contribution in [2.75, 3.05) is 0 Å². The summed E-state index contributed by atoms with van der Waals surface area (Å²) in [6.07, 6.45) is 2.17. The van der Waals surface area contributed by atoms with Gasteiger partial charge in [0.25, 0.3) is 0 Å². The van der Waals surface area contributed by atoms with Crippen molar-refractivity contribution in [3.63, 3.8) is 0 Å². The highest BCUT2D eigenvalue weighted by Gasteiger charge is 2.23. The molecule has 0 saturated carbocycles. The number of rotatable bonds is 4. The van der Waals surface area contributed by atoms with E-state index in [9.17, 15) is 9.59 Å². The second-order valence-electron chi connectivity index (χ2n) is 6.13. The molecule has 1 atom stereocenters. The first-order chi connectivity index (χ1) is 12.5. The number of nitrogens with one attached hydrogen (secondary N) is 2. The van der Waals surface area contributed by atoms with Crippen molar-refractivity contribution >= 4 is 28.7 Å². The van der Waals surface area contributed by atoms with Crippen LogP contribution in [0.15, 0.2) is 60.8 Å². The molecule has 3 rings (SSSR count). The Balaban J connectivity index is 2.05. The topological polar surface area (TPSA) is 101 Å². The molecule has 0 radical (unpaired) electrons. The minimum atomic E-state index is -0.522. The Hall–Kier alpha value is -3.41. The van der Waals surface area contributed by atoms with Gasteiger partial charge in [0.2, 0.25) is 11.8 Å². The number of amides is 1. The van der Waals surface area contributed by atoms with E-state index in [0.29, 0.717) is 6.42 Å². The van der Waals surface area contributed by atoms with Crippen LogP contribution in [-0.2, 0) is 11.2 Å².